The molecule has 2 atom stereocenters. The van der Waals surface area contributed by atoms with Gasteiger partial charge in [0, 0.05) is 36.7 Å². The van der Waals surface area contributed by atoms with Gasteiger partial charge in [0.15, 0.2) is 23.2 Å². The van der Waals surface area contributed by atoms with Crippen LogP contribution in [0.15, 0.2) is 30.0 Å². The predicted molar refractivity (Wildman–Crippen MR) is 127 cm³/mol. The van der Waals surface area contributed by atoms with Crippen LogP contribution in [-0.2, 0) is 9.59 Å². The number of Topliss-reactive ketones (excluding diaryl/α,β-unsaturated/α-hetero) is 1. The monoisotopic (exact) mass is 538 g/mol. The van der Waals surface area contributed by atoms with E-state index in [2.05, 4.69) is 10.6 Å². The number of rotatable bonds is 7. The number of halogens is 4. The van der Waals surface area contributed by atoms with Gasteiger partial charge in [-0.05, 0) is 18.6 Å². The number of ketones is 2. The number of allylic oxidation sites excluding steroid dienone is 1. The highest BCUT2D eigenvalue weighted by atomic mass is 35.5. The molecule has 0 aromatic heterocycles. The smallest absolute Gasteiger partial charge is 0.236 e. The second-order valence-corrected chi connectivity index (χ2v) is 8.93. The van der Waals surface area contributed by atoms with E-state index in [9.17, 15) is 27.6 Å². The Morgan fingerprint density at radius 1 is 1.16 bits per heavy atom. The van der Waals surface area contributed by atoms with E-state index < -0.39 is 52.1 Å². The molecule has 37 heavy (non-hydrogen) atoms. The van der Waals surface area contributed by atoms with Crippen LogP contribution in [0.4, 0.5) is 18.9 Å². The van der Waals surface area contributed by atoms with Gasteiger partial charge >= 0.3 is 0 Å². The van der Waals surface area contributed by atoms with Crippen molar-refractivity contribution < 1.29 is 41.8 Å². The summed E-state index contributed by atoms with van der Waals surface area (Å²) in [5.74, 6) is -6.64. The first-order valence-electron chi connectivity index (χ1n) is 11.2. The van der Waals surface area contributed by atoms with E-state index in [4.69, 9.17) is 25.8 Å². The van der Waals surface area contributed by atoms with E-state index in [-0.39, 0.29) is 47.2 Å². The Kier molecular flexibility index (Phi) is 7.09. The Morgan fingerprint density at radius 2 is 1.86 bits per heavy atom. The molecule has 1 aliphatic heterocycles. The fourth-order valence-corrected chi connectivity index (χ4v) is 4.69. The number of hydrogen-bond acceptors (Lipinski definition) is 7. The molecule has 1 aliphatic carbocycles. The van der Waals surface area contributed by atoms with Crippen LogP contribution in [0.5, 0.6) is 17.2 Å². The number of benzene rings is 2. The molecule has 2 aromatic rings. The van der Waals surface area contributed by atoms with E-state index in [0.717, 1.165) is 6.07 Å². The van der Waals surface area contributed by atoms with E-state index in [1.165, 1.54) is 26.4 Å². The summed E-state index contributed by atoms with van der Waals surface area (Å²) in [5.41, 5.74) is -1.82. The van der Waals surface area contributed by atoms with Crippen LogP contribution in [0.3, 0.4) is 0 Å². The zero-order valence-electron chi connectivity index (χ0n) is 20.0. The number of carbonyl (C=O) groups excluding carboxylic acids is 3. The molecule has 12 heteroatoms. The predicted octanol–water partition coefficient (Wildman–Crippen LogP) is 4.20. The number of carbonyl (C=O) groups is 3. The number of methoxy groups -OCH3 is 2. The third-order valence-corrected chi connectivity index (χ3v) is 6.68. The lowest BCUT2D eigenvalue weighted by molar-refractivity contribution is -0.129. The first kappa shape index (κ1) is 26.3. The molecule has 2 aliphatic rings. The normalized spacial score (nSPS) is 20.3. The molecule has 2 N–H and O–H groups in total. The Morgan fingerprint density at radius 3 is 2.51 bits per heavy atom. The molecule has 0 radical (unpaired) electrons. The highest BCUT2D eigenvalue weighted by molar-refractivity contribution is 6.36. The van der Waals surface area contributed by atoms with Crippen molar-refractivity contribution in [2.45, 2.75) is 25.4 Å². The molecular weight excluding hydrogens is 517 g/mol. The van der Waals surface area contributed by atoms with Gasteiger partial charge < -0.3 is 24.8 Å². The number of fused-ring (bicyclic) bond motifs is 1. The molecule has 0 bridgehead atoms. The average molecular weight is 539 g/mol. The molecule has 2 aromatic carbocycles. The first-order valence-corrected chi connectivity index (χ1v) is 11.5. The van der Waals surface area contributed by atoms with Gasteiger partial charge in [-0.3, -0.25) is 14.4 Å². The lowest BCUT2D eigenvalue weighted by Gasteiger charge is -2.35. The van der Waals surface area contributed by atoms with Crippen molar-refractivity contribution in [1.82, 2.24) is 5.32 Å². The number of ether oxygens (including phenoxy) is 3. The quantitative estimate of drug-likeness (QED) is 0.402. The molecule has 196 valence electrons. The second-order valence-electron chi connectivity index (χ2n) is 8.55. The van der Waals surface area contributed by atoms with Crippen molar-refractivity contribution in [3.05, 3.63) is 58.0 Å². The highest BCUT2D eigenvalue weighted by Gasteiger charge is 2.60. The van der Waals surface area contributed by atoms with E-state index >= 15 is 0 Å². The van der Waals surface area contributed by atoms with Crippen LogP contribution in [-0.4, -0.2) is 43.8 Å². The van der Waals surface area contributed by atoms with Crippen molar-refractivity contribution in [2.75, 3.05) is 26.1 Å². The second kappa shape index (κ2) is 9.97. The van der Waals surface area contributed by atoms with Gasteiger partial charge in [0.2, 0.25) is 23.1 Å². The van der Waals surface area contributed by atoms with E-state index in [0.29, 0.717) is 11.8 Å². The molecule has 8 nitrogen and oxygen atoms in total. The Bertz CT molecular complexity index is 1350. The summed E-state index contributed by atoms with van der Waals surface area (Å²) >= 11 is 6.36. The van der Waals surface area contributed by atoms with Crippen LogP contribution in [0.1, 0.15) is 30.1 Å². The summed E-state index contributed by atoms with van der Waals surface area (Å²) in [6, 6.07) is 3.06. The van der Waals surface area contributed by atoms with Gasteiger partial charge in [0.05, 0.1) is 19.9 Å². The van der Waals surface area contributed by atoms with E-state index in [1.54, 1.807) is 6.92 Å². The number of nitrogens with one attached hydrogen (secondary N) is 2. The highest BCUT2D eigenvalue weighted by Crippen LogP contribution is 2.52. The first-order chi connectivity index (χ1) is 17.5. The Labute approximate surface area is 214 Å². The van der Waals surface area contributed by atoms with E-state index in [1.807, 2.05) is 0 Å². The SMILES string of the molecule is COc1cc(OC)c2c(c1Cl)O[C@@]1(C(=O)C=C(NCCC(=O)Nc3ccc(F)c(F)c3F)C[C@H]1C)C2=O. The van der Waals surface area contributed by atoms with Gasteiger partial charge in [-0.15, -0.1) is 0 Å². The van der Waals surface area contributed by atoms with Crippen molar-refractivity contribution in [2.24, 2.45) is 5.92 Å². The number of amides is 1. The molecule has 1 amide bonds. The van der Waals surface area contributed by atoms with Crippen molar-refractivity contribution in [1.29, 1.82) is 0 Å². The summed E-state index contributed by atoms with van der Waals surface area (Å²) in [6.45, 7) is 1.72. The minimum atomic E-state index is -1.83. The van der Waals surface area contributed by atoms with Crippen LogP contribution < -0.4 is 24.8 Å². The maximum Gasteiger partial charge on any atom is 0.236 e. The molecule has 1 heterocycles. The lowest BCUT2D eigenvalue weighted by Crippen LogP contribution is -2.55. The van der Waals surface area contributed by atoms with Crippen LogP contribution in [0, 0.1) is 23.4 Å². The lowest BCUT2D eigenvalue weighted by atomic mass is 9.74. The Hall–Kier alpha value is -3.73. The minimum absolute atomic E-state index is 0.00834. The summed E-state index contributed by atoms with van der Waals surface area (Å²) < 4.78 is 56.6. The zero-order valence-corrected chi connectivity index (χ0v) is 20.7. The molecule has 1 spiro atoms. The molecule has 0 unspecified atom stereocenters. The van der Waals surface area contributed by atoms with Crippen LogP contribution in [0.2, 0.25) is 5.02 Å². The average Bonchev–Trinajstić information content (AvgIpc) is 3.18. The molecule has 0 fully saturated rings. The summed E-state index contributed by atoms with van der Waals surface area (Å²) in [6.07, 6.45) is 1.28. The molecular formula is C25H22ClF3N2O6. The maximum atomic E-state index is 13.8. The summed E-state index contributed by atoms with van der Waals surface area (Å²) in [4.78, 5) is 38.9. The van der Waals surface area contributed by atoms with Crippen molar-refractivity contribution in [3.63, 3.8) is 0 Å². The fraction of sp³-hybridized carbons (Fsp3) is 0.320. The van der Waals surface area contributed by atoms with Crippen molar-refractivity contribution in [3.8, 4) is 17.2 Å². The van der Waals surface area contributed by atoms with Gasteiger partial charge in [-0.25, -0.2) is 13.2 Å². The zero-order chi connectivity index (χ0) is 27.1. The Balaban J connectivity index is 1.46. The minimum Gasteiger partial charge on any atom is -0.496 e. The standard InChI is InChI=1S/C25H22ClF3N2O6/c1-11-8-12(30-7-6-18(33)31-14-5-4-13(27)21(28)22(14)29)9-17(32)25(11)24(34)19-15(35-2)10-16(36-3)20(26)23(19)37-25/h4-5,9-11,30H,6-8H2,1-3H3,(H,31,33)/t11-,25+/m1/s1. The molecule has 0 saturated heterocycles. The third kappa shape index (κ3) is 4.37. The van der Waals surface area contributed by atoms with Crippen molar-refractivity contribution >= 4 is 34.8 Å². The largest absolute Gasteiger partial charge is 0.496 e. The number of hydrogen-bond donors (Lipinski definition) is 2. The van der Waals surface area contributed by atoms with Gasteiger partial charge in [-0.1, -0.05) is 18.5 Å². The maximum absolute atomic E-state index is 13.8. The summed E-state index contributed by atoms with van der Waals surface area (Å²) in [7, 11) is 2.76. The number of anilines is 1. The van der Waals surface area contributed by atoms with Crippen LogP contribution >= 0.6 is 11.6 Å². The van der Waals surface area contributed by atoms with Gasteiger partial charge in [-0.2, -0.15) is 0 Å². The topological polar surface area (TPSA) is 103 Å². The molecule has 0 saturated carbocycles. The molecule has 4 rings (SSSR count). The van der Waals surface area contributed by atoms with Gasteiger partial charge in [0.1, 0.15) is 22.1 Å². The fourth-order valence-electron chi connectivity index (χ4n) is 4.42. The van der Waals surface area contributed by atoms with Gasteiger partial charge in [0.25, 0.3) is 0 Å². The van der Waals surface area contributed by atoms with Crippen LogP contribution in [0.25, 0.3) is 0 Å². The third-order valence-electron chi connectivity index (χ3n) is 6.32. The summed E-state index contributed by atoms with van der Waals surface area (Å²) in [5, 5.41) is 5.15.